The molecule has 1 N–H and O–H groups in total. The normalized spacial score (nSPS) is 10.2. The molecule has 0 aliphatic rings. The number of anilines is 1. The molecular formula is C19H13Cl2NO2. The number of rotatable bonds is 4. The summed E-state index contributed by atoms with van der Waals surface area (Å²) in [4.78, 5) is 12.6. The Morgan fingerprint density at radius 1 is 0.833 bits per heavy atom. The van der Waals surface area contributed by atoms with E-state index in [0.717, 1.165) is 0 Å². The molecule has 120 valence electrons. The Morgan fingerprint density at radius 3 is 2.29 bits per heavy atom. The summed E-state index contributed by atoms with van der Waals surface area (Å²) in [6.07, 6.45) is 0. The van der Waals surface area contributed by atoms with Gasteiger partial charge in [-0.2, -0.15) is 0 Å². The van der Waals surface area contributed by atoms with Gasteiger partial charge in [0.05, 0.1) is 15.6 Å². The first kappa shape index (κ1) is 16.4. The van der Waals surface area contributed by atoms with Crippen LogP contribution in [-0.2, 0) is 0 Å². The monoisotopic (exact) mass is 357 g/mol. The van der Waals surface area contributed by atoms with Gasteiger partial charge in [-0.1, -0.05) is 53.5 Å². The lowest BCUT2D eigenvalue weighted by Gasteiger charge is -2.11. The molecule has 3 aromatic rings. The van der Waals surface area contributed by atoms with Crippen LogP contribution in [0.3, 0.4) is 0 Å². The fourth-order valence-electron chi connectivity index (χ4n) is 2.13. The van der Waals surface area contributed by atoms with Crippen molar-refractivity contribution in [1.82, 2.24) is 0 Å². The minimum absolute atomic E-state index is 0.292. The molecule has 1 amide bonds. The number of carbonyl (C=O) groups is 1. The molecule has 0 radical (unpaired) electrons. The van der Waals surface area contributed by atoms with Crippen LogP contribution < -0.4 is 10.1 Å². The van der Waals surface area contributed by atoms with Crippen LogP contribution in [-0.4, -0.2) is 5.91 Å². The highest BCUT2D eigenvalue weighted by Crippen LogP contribution is 2.28. The Balaban J connectivity index is 1.83. The molecule has 0 fully saturated rings. The van der Waals surface area contributed by atoms with E-state index in [1.54, 1.807) is 36.4 Å². The van der Waals surface area contributed by atoms with E-state index in [4.69, 9.17) is 27.9 Å². The predicted molar refractivity (Wildman–Crippen MR) is 97.4 cm³/mol. The quantitative estimate of drug-likeness (QED) is 0.618. The van der Waals surface area contributed by atoms with Crippen molar-refractivity contribution >= 4 is 34.8 Å². The van der Waals surface area contributed by atoms with Gasteiger partial charge in [-0.05, 0) is 42.5 Å². The maximum absolute atomic E-state index is 12.6. The standard InChI is InChI=1S/C19H13Cl2NO2/c20-16-11-10-13(12-17(16)21)22-19(23)15-8-4-5-9-18(15)24-14-6-2-1-3-7-14/h1-12H,(H,22,23). The molecular weight excluding hydrogens is 345 g/mol. The van der Waals surface area contributed by atoms with Crippen molar-refractivity contribution in [3.8, 4) is 11.5 Å². The number of hydrogen-bond acceptors (Lipinski definition) is 2. The number of hydrogen-bond donors (Lipinski definition) is 1. The number of carbonyl (C=O) groups excluding carboxylic acids is 1. The highest BCUT2D eigenvalue weighted by Gasteiger charge is 2.13. The predicted octanol–water partition coefficient (Wildman–Crippen LogP) is 6.04. The van der Waals surface area contributed by atoms with Gasteiger partial charge in [0.25, 0.3) is 5.91 Å². The molecule has 0 unspecified atom stereocenters. The van der Waals surface area contributed by atoms with Crippen molar-refractivity contribution in [2.45, 2.75) is 0 Å². The molecule has 3 rings (SSSR count). The Morgan fingerprint density at radius 2 is 1.54 bits per heavy atom. The Hall–Kier alpha value is -2.49. The van der Waals surface area contributed by atoms with E-state index in [9.17, 15) is 4.79 Å². The third kappa shape index (κ3) is 3.88. The summed E-state index contributed by atoms with van der Waals surface area (Å²) in [5.74, 6) is 0.841. The van der Waals surface area contributed by atoms with Crippen molar-refractivity contribution < 1.29 is 9.53 Å². The molecule has 3 aromatic carbocycles. The van der Waals surface area contributed by atoms with Crippen LogP contribution in [0.25, 0.3) is 0 Å². The van der Waals surface area contributed by atoms with E-state index in [1.165, 1.54) is 0 Å². The molecule has 0 atom stereocenters. The molecule has 0 saturated carbocycles. The van der Waals surface area contributed by atoms with Crippen molar-refractivity contribution in [1.29, 1.82) is 0 Å². The number of amides is 1. The highest BCUT2D eigenvalue weighted by molar-refractivity contribution is 6.42. The zero-order valence-electron chi connectivity index (χ0n) is 12.5. The first-order chi connectivity index (χ1) is 11.6. The Kier molecular flexibility index (Phi) is 5.04. The molecule has 0 bridgehead atoms. The fraction of sp³-hybridized carbons (Fsp3) is 0. The molecule has 0 aromatic heterocycles. The van der Waals surface area contributed by atoms with Crippen molar-refractivity contribution in [2.75, 3.05) is 5.32 Å². The van der Waals surface area contributed by atoms with E-state index in [1.807, 2.05) is 36.4 Å². The lowest BCUT2D eigenvalue weighted by atomic mass is 10.2. The number of para-hydroxylation sites is 2. The maximum atomic E-state index is 12.6. The zero-order valence-corrected chi connectivity index (χ0v) is 14.0. The number of benzene rings is 3. The Bertz CT molecular complexity index is 866. The summed E-state index contributed by atoms with van der Waals surface area (Å²) in [7, 11) is 0. The maximum Gasteiger partial charge on any atom is 0.259 e. The van der Waals surface area contributed by atoms with Gasteiger partial charge >= 0.3 is 0 Å². The average Bonchev–Trinajstić information content (AvgIpc) is 2.59. The smallest absolute Gasteiger partial charge is 0.259 e. The lowest BCUT2D eigenvalue weighted by Crippen LogP contribution is -2.13. The summed E-state index contributed by atoms with van der Waals surface area (Å²) in [6.45, 7) is 0. The molecule has 3 nitrogen and oxygen atoms in total. The fourth-order valence-corrected chi connectivity index (χ4v) is 2.43. The molecule has 0 aliphatic heterocycles. The van der Waals surface area contributed by atoms with E-state index < -0.39 is 0 Å². The molecule has 0 spiro atoms. The number of nitrogens with one attached hydrogen (secondary N) is 1. The molecule has 24 heavy (non-hydrogen) atoms. The van der Waals surface area contributed by atoms with Crippen molar-refractivity contribution in [2.24, 2.45) is 0 Å². The highest BCUT2D eigenvalue weighted by atomic mass is 35.5. The molecule has 0 heterocycles. The van der Waals surface area contributed by atoms with Crippen LogP contribution in [0.15, 0.2) is 72.8 Å². The van der Waals surface area contributed by atoms with Gasteiger partial charge in [-0.3, -0.25) is 4.79 Å². The van der Waals surface area contributed by atoms with E-state index in [0.29, 0.717) is 32.8 Å². The van der Waals surface area contributed by atoms with Gasteiger partial charge in [-0.15, -0.1) is 0 Å². The van der Waals surface area contributed by atoms with Crippen LogP contribution in [0.1, 0.15) is 10.4 Å². The van der Waals surface area contributed by atoms with Crippen molar-refractivity contribution in [3.05, 3.63) is 88.4 Å². The number of ether oxygens (including phenoxy) is 1. The van der Waals surface area contributed by atoms with E-state index >= 15 is 0 Å². The summed E-state index contributed by atoms with van der Waals surface area (Å²) in [6, 6.07) is 21.2. The largest absolute Gasteiger partial charge is 0.457 e. The first-order valence-corrected chi connectivity index (χ1v) is 7.97. The summed E-state index contributed by atoms with van der Waals surface area (Å²) in [5.41, 5.74) is 0.983. The summed E-state index contributed by atoms with van der Waals surface area (Å²) < 4.78 is 5.80. The zero-order chi connectivity index (χ0) is 16.9. The van der Waals surface area contributed by atoms with Crippen LogP contribution >= 0.6 is 23.2 Å². The van der Waals surface area contributed by atoms with Gasteiger partial charge in [0, 0.05) is 5.69 Å². The summed E-state index contributed by atoms with van der Waals surface area (Å²) >= 11 is 11.9. The molecule has 5 heteroatoms. The van der Waals surface area contributed by atoms with Gasteiger partial charge in [0.1, 0.15) is 11.5 Å². The third-order valence-electron chi connectivity index (χ3n) is 3.28. The average molecular weight is 358 g/mol. The summed E-state index contributed by atoms with van der Waals surface area (Å²) in [5, 5.41) is 3.60. The van der Waals surface area contributed by atoms with Crippen molar-refractivity contribution in [3.63, 3.8) is 0 Å². The second-order valence-electron chi connectivity index (χ2n) is 4.99. The van der Waals surface area contributed by atoms with Gasteiger partial charge in [0.15, 0.2) is 0 Å². The first-order valence-electron chi connectivity index (χ1n) is 7.22. The van der Waals surface area contributed by atoms with E-state index in [-0.39, 0.29) is 5.91 Å². The second-order valence-corrected chi connectivity index (χ2v) is 5.81. The van der Waals surface area contributed by atoms with E-state index in [2.05, 4.69) is 5.32 Å². The topological polar surface area (TPSA) is 38.3 Å². The van der Waals surface area contributed by atoms with Gasteiger partial charge in [-0.25, -0.2) is 0 Å². The SMILES string of the molecule is O=C(Nc1ccc(Cl)c(Cl)c1)c1ccccc1Oc1ccccc1. The van der Waals surface area contributed by atoms with Gasteiger partial charge in [0.2, 0.25) is 0 Å². The van der Waals surface area contributed by atoms with Crippen LogP contribution in [0.2, 0.25) is 10.0 Å². The van der Waals surface area contributed by atoms with Crippen LogP contribution in [0.5, 0.6) is 11.5 Å². The van der Waals surface area contributed by atoms with Gasteiger partial charge < -0.3 is 10.1 Å². The van der Waals surface area contributed by atoms with Crippen LogP contribution in [0.4, 0.5) is 5.69 Å². The minimum atomic E-state index is -0.292. The Labute approximate surface area is 149 Å². The lowest BCUT2D eigenvalue weighted by molar-refractivity contribution is 0.102. The molecule has 0 aliphatic carbocycles. The molecule has 0 saturated heterocycles. The van der Waals surface area contributed by atoms with Crippen LogP contribution in [0, 0.1) is 0 Å². The third-order valence-corrected chi connectivity index (χ3v) is 4.02. The second kappa shape index (κ2) is 7.39. The number of halogens is 2. The minimum Gasteiger partial charge on any atom is -0.457 e.